The van der Waals surface area contributed by atoms with E-state index in [2.05, 4.69) is 23.3 Å². The second-order valence-corrected chi connectivity index (χ2v) is 4.61. The highest BCUT2D eigenvalue weighted by molar-refractivity contribution is 5.44. The third-order valence-electron chi connectivity index (χ3n) is 3.52. The molecule has 16 heavy (non-hydrogen) atoms. The fraction of sp³-hybridized carbons (Fsp3) is 0.643. The summed E-state index contributed by atoms with van der Waals surface area (Å²) in [5.74, 6) is 1.04. The van der Waals surface area contributed by atoms with Crippen LogP contribution in [0.2, 0.25) is 0 Å². The first-order valence-electron chi connectivity index (χ1n) is 6.54. The Labute approximate surface area is 98.5 Å². The van der Waals surface area contributed by atoms with Gasteiger partial charge >= 0.3 is 0 Å². The number of hydrogen-bond donors (Lipinski definition) is 1. The first-order chi connectivity index (χ1) is 7.85. The minimum atomic E-state index is 1.04. The number of nitrogens with zero attached hydrogens (tertiary/aromatic N) is 1. The highest BCUT2D eigenvalue weighted by atomic mass is 15.0. The van der Waals surface area contributed by atoms with E-state index in [9.17, 15) is 0 Å². The van der Waals surface area contributed by atoms with E-state index in [-0.39, 0.29) is 0 Å². The van der Waals surface area contributed by atoms with E-state index in [0.717, 1.165) is 12.2 Å². The zero-order chi connectivity index (χ0) is 11.4. The van der Waals surface area contributed by atoms with Crippen LogP contribution < -0.4 is 5.32 Å². The van der Waals surface area contributed by atoms with Gasteiger partial charge in [0.2, 0.25) is 0 Å². The van der Waals surface area contributed by atoms with E-state index in [1.54, 1.807) is 5.56 Å². The number of fused-ring (bicyclic) bond motifs is 1. The number of rotatable bonds is 2. The summed E-state index contributed by atoms with van der Waals surface area (Å²) in [7, 11) is 1.96. The van der Waals surface area contributed by atoms with E-state index in [1.807, 2.05) is 7.05 Å². The minimum Gasteiger partial charge on any atom is -0.373 e. The molecule has 2 rings (SSSR count). The normalized spacial score (nSPS) is 16.1. The van der Waals surface area contributed by atoms with E-state index >= 15 is 0 Å². The molecule has 1 aromatic rings. The summed E-state index contributed by atoms with van der Waals surface area (Å²) in [5, 5.41) is 3.18. The molecule has 1 N–H and O–H groups in total. The van der Waals surface area contributed by atoms with Crippen LogP contribution in [-0.2, 0) is 19.3 Å². The van der Waals surface area contributed by atoms with Crippen molar-refractivity contribution in [2.75, 3.05) is 12.4 Å². The smallest absolute Gasteiger partial charge is 0.126 e. The molecule has 1 aromatic heterocycles. The van der Waals surface area contributed by atoms with E-state index in [4.69, 9.17) is 0 Å². The molecule has 88 valence electrons. The van der Waals surface area contributed by atoms with Gasteiger partial charge < -0.3 is 5.32 Å². The summed E-state index contributed by atoms with van der Waals surface area (Å²) in [6, 6.07) is 2.25. The predicted molar refractivity (Wildman–Crippen MR) is 69.0 cm³/mol. The fourth-order valence-corrected chi connectivity index (χ4v) is 2.60. The summed E-state index contributed by atoms with van der Waals surface area (Å²) in [6.07, 6.45) is 8.96. The summed E-state index contributed by atoms with van der Waals surface area (Å²) < 4.78 is 0. The largest absolute Gasteiger partial charge is 0.373 e. The predicted octanol–water partition coefficient (Wildman–Crippen LogP) is 3.34. The molecule has 0 atom stereocenters. The fourth-order valence-electron chi connectivity index (χ4n) is 2.60. The molecule has 0 saturated heterocycles. The standard InChI is InChI=1S/C14H22N2/c1-3-13-12-9-7-5-4-6-8-11(12)10-14(15-2)16-13/h10H,3-9H2,1-2H3,(H,15,16). The highest BCUT2D eigenvalue weighted by Gasteiger charge is 2.12. The zero-order valence-corrected chi connectivity index (χ0v) is 10.5. The molecule has 2 nitrogen and oxygen atoms in total. The molecule has 0 bridgehead atoms. The lowest BCUT2D eigenvalue weighted by Crippen LogP contribution is -2.08. The number of pyridine rings is 1. The Kier molecular flexibility index (Phi) is 3.81. The van der Waals surface area contributed by atoms with Crippen LogP contribution in [0.15, 0.2) is 6.07 Å². The van der Waals surface area contributed by atoms with Gasteiger partial charge in [0, 0.05) is 12.7 Å². The maximum absolute atomic E-state index is 4.68. The molecular weight excluding hydrogens is 196 g/mol. The van der Waals surface area contributed by atoms with Gasteiger partial charge in [-0.3, -0.25) is 0 Å². The van der Waals surface area contributed by atoms with Crippen LogP contribution in [0.4, 0.5) is 5.82 Å². The Morgan fingerprint density at radius 3 is 2.62 bits per heavy atom. The van der Waals surface area contributed by atoms with Crippen LogP contribution in [-0.4, -0.2) is 12.0 Å². The van der Waals surface area contributed by atoms with Crippen molar-refractivity contribution in [1.82, 2.24) is 4.98 Å². The van der Waals surface area contributed by atoms with Crippen molar-refractivity contribution in [2.24, 2.45) is 0 Å². The van der Waals surface area contributed by atoms with Crippen LogP contribution >= 0.6 is 0 Å². The molecular formula is C14H22N2. The molecule has 1 aliphatic carbocycles. The molecule has 2 heteroatoms. The Morgan fingerprint density at radius 1 is 1.19 bits per heavy atom. The SMILES string of the molecule is CCc1nc(NC)cc2c1CCCCCC2. The molecule has 1 aliphatic rings. The molecule has 0 aromatic carbocycles. The second-order valence-electron chi connectivity index (χ2n) is 4.61. The van der Waals surface area contributed by atoms with Crippen molar-refractivity contribution < 1.29 is 0 Å². The first kappa shape index (κ1) is 11.4. The van der Waals surface area contributed by atoms with Gasteiger partial charge in [0.15, 0.2) is 0 Å². The van der Waals surface area contributed by atoms with Crippen molar-refractivity contribution in [2.45, 2.75) is 51.9 Å². The van der Waals surface area contributed by atoms with E-state index in [0.29, 0.717) is 0 Å². The third-order valence-corrected chi connectivity index (χ3v) is 3.52. The second kappa shape index (κ2) is 5.33. The van der Waals surface area contributed by atoms with Crippen molar-refractivity contribution in [3.63, 3.8) is 0 Å². The van der Waals surface area contributed by atoms with Crippen LogP contribution in [0.5, 0.6) is 0 Å². The van der Waals surface area contributed by atoms with Crippen LogP contribution in [0.25, 0.3) is 0 Å². The summed E-state index contributed by atoms with van der Waals surface area (Å²) in [5.41, 5.74) is 4.39. The lowest BCUT2D eigenvalue weighted by Gasteiger charge is -2.18. The van der Waals surface area contributed by atoms with Gasteiger partial charge in [-0.25, -0.2) is 4.98 Å². The molecule has 0 fully saturated rings. The van der Waals surface area contributed by atoms with Crippen molar-refractivity contribution in [1.29, 1.82) is 0 Å². The van der Waals surface area contributed by atoms with Gasteiger partial charge in [-0.1, -0.05) is 19.8 Å². The highest BCUT2D eigenvalue weighted by Crippen LogP contribution is 2.25. The average Bonchev–Trinajstić information content (AvgIpc) is 2.29. The number of anilines is 1. The molecule has 0 radical (unpaired) electrons. The average molecular weight is 218 g/mol. The van der Waals surface area contributed by atoms with E-state index in [1.165, 1.54) is 49.8 Å². The Bertz CT molecular complexity index is 358. The first-order valence-corrected chi connectivity index (χ1v) is 6.54. The van der Waals surface area contributed by atoms with Gasteiger partial charge in [0.25, 0.3) is 0 Å². The van der Waals surface area contributed by atoms with Crippen molar-refractivity contribution in [3.05, 3.63) is 22.9 Å². The van der Waals surface area contributed by atoms with Crippen molar-refractivity contribution >= 4 is 5.82 Å². The molecule has 0 spiro atoms. The van der Waals surface area contributed by atoms with Crippen LogP contribution in [0, 0.1) is 0 Å². The number of nitrogens with one attached hydrogen (secondary N) is 1. The third kappa shape index (κ3) is 2.37. The molecule has 0 saturated carbocycles. The Balaban J connectivity index is 2.40. The quantitative estimate of drug-likeness (QED) is 0.823. The van der Waals surface area contributed by atoms with Crippen molar-refractivity contribution in [3.8, 4) is 0 Å². The number of hydrogen-bond acceptors (Lipinski definition) is 2. The summed E-state index contributed by atoms with van der Waals surface area (Å²) >= 11 is 0. The van der Waals surface area contributed by atoms with Gasteiger partial charge in [-0.05, 0) is 49.3 Å². The lowest BCUT2D eigenvalue weighted by molar-refractivity contribution is 0.612. The Hall–Kier alpha value is -1.05. The van der Waals surface area contributed by atoms with E-state index < -0.39 is 0 Å². The monoisotopic (exact) mass is 218 g/mol. The summed E-state index contributed by atoms with van der Waals surface area (Å²) in [4.78, 5) is 4.68. The molecule has 1 heterocycles. The van der Waals surface area contributed by atoms with Crippen LogP contribution in [0.3, 0.4) is 0 Å². The van der Waals surface area contributed by atoms with Gasteiger partial charge in [0.05, 0.1) is 0 Å². The van der Waals surface area contributed by atoms with Crippen LogP contribution in [0.1, 0.15) is 49.4 Å². The molecule has 0 amide bonds. The topological polar surface area (TPSA) is 24.9 Å². The minimum absolute atomic E-state index is 1.04. The molecule has 0 aliphatic heterocycles. The van der Waals surface area contributed by atoms with Gasteiger partial charge in [-0.2, -0.15) is 0 Å². The maximum Gasteiger partial charge on any atom is 0.126 e. The van der Waals surface area contributed by atoms with Gasteiger partial charge in [-0.15, -0.1) is 0 Å². The molecule has 0 unspecified atom stereocenters. The maximum atomic E-state index is 4.68. The lowest BCUT2D eigenvalue weighted by atomic mass is 9.92. The number of aryl methyl sites for hydroxylation is 2. The zero-order valence-electron chi connectivity index (χ0n) is 10.5. The number of aromatic nitrogens is 1. The Morgan fingerprint density at radius 2 is 1.94 bits per heavy atom. The van der Waals surface area contributed by atoms with Gasteiger partial charge in [0.1, 0.15) is 5.82 Å². The summed E-state index contributed by atoms with van der Waals surface area (Å²) in [6.45, 7) is 2.21.